The Morgan fingerprint density at radius 1 is 1.28 bits per heavy atom. The van der Waals surface area contributed by atoms with Crippen molar-refractivity contribution in [3.05, 3.63) is 42.0 Å². The van der Waals surface area contributed by atoms with E-state index in [9.17, 15) is 4.39 Å². The lowest BCUT2D eigenvalue weighted by Gasteiger charge is -2.03. The Hall–Kier alpha value is -1.68. The van der Waals surface area contributed by atoms with E-state index < -0.39 is 0 Å². The molecule has 18 heavy (non-hydrogen) atoms. The highest BCUT2D eigenvalue weighted by atomic mass is 19.1. The van der Waals surface area contributed by atoms with Gasteiger partial charge in [-0.2, -0.15) is 5.10 Å². The van der Waals surface area contributed by atoms with E-state index >= 15 is 0 Å². The van der Waals surface area contributed by atoms with Gasteiger partial charge in [0.15, 0.2) is 0 Å². The largest absolute Gasteiger partial charge is 0.320 e. The fourth-order valence-electron chi connectivity index (χ4n) is 2.06. The first-order chi connectivity index (χ1) is 8.72. The summed E-state index contributed by atoms with van der Waals surface area (Å²) in [5, 5.41) is 7.53. The average molecular weight is 247 g/mol. The topological polar surface area (TPSA) is 29.9 Å². The Morgan fingerprint density at radius 3 is 2.78 bits per heavy atom. The molecule has 1 aromatic heterocycles. The maximum Gasteiger partial charge on any atom is 0.131 e. The summed E-state index contributed by atoms with van der Waals surface area (Å²) in [5.74, 6) is -0.194. The van der Waals surface area contributed by atoms with Crippen LogP contribution in [0.1, 0.15) is 12.1 Å². The zero-order valence-electron chi connectivity index (χ0n) is 10.8. The predicted octanol–water partition coefficient (Wildman–Crippen LogP) is 2.38. The molecule has 3 nitrogen and oxygen atoms in total. The summed E-state index contributed by atoms with van der Waals surface area (Å²) >= 11 is 0. The highest BCUT2D eigenvalue weighted by Gasteiger charge is 2.12. The Balaban J connectivity index is 2.30. The molecule has 0 saturated heterocycles. The summed E-state index contributed by atoms with van der Waals surface area (Å²) in [6.45, 7) is 0.938. The van der Waals surface area contributed by atoms with Gasteiger partial charge in [-0.25, -0.2) is 4.39 Å². The normalized spacial score (nSPS) is 10.8. The number of aryl methyl sites for hydroxylation is 2. The molecule has 0 aliphatic rings. The van der Waals surface area contributed by atoms with E-state index in [1.165, 1.54) is 6.07 Å². The number of nitrogens with zero attached hydrogens (tertiary/aromatic N) is 2. The number of hydrogen-bond acceptors (Lipinski definition) is 2. The zero-order valence-corrected chi connectivity index (χ0v) is 10.8. The minimum absolute atomic E-state index is 0.194. The average Bonchev–Trinajstić information content (AvgIpc) is 2.71. The van der Waals surface area contributed by atoms with Crippen LogP contribution in [0.4, 0.5) is 4.39 Å². The van der Waals surface area contributed by atoms with Crippen LogP contribution in [0.25, 0.3) is 11.1 Å². The molecule has 1 N–H and O–H groups in total. The number of halogens is 1. The number of hydrogen-bond donors (Lipinski definition) is 1. The van der Waals surface area contributed by atoms with Crippen molar-refractivity contribution in [3.63, 3.8) is 0 Å². The Morgan fingerprint density at radius 2 is 2.06 bits per heavy atom. The van der Waals surface area contributed by atoms with Crippen LogP contribution in [0.5, 0.6) is 0 Å². The van der Waals surface area contributed by atoms with E-state index in [1.807, 2.05) is 26.4 Å². The second-order valence-electron chi connectivity index (χ2n) is 4.35. The fraction of sp³-hybridized carbons (Fsp3) is 0.357. The van der Waals surface area contributed by atoms with Crippen LogP contribution in [0.3, 0.4) is 0 Å². The van der Waals surface area contributed by atoms with Gasteiger partial charge in [0.2, 0.25) is 0 Å². The smallest absolute Gasteiger partial charge is 0.131 e. The number of nitrogens with one attached hydrogen (secondary N) is 1. The van der Waals surface area contributed by atoms with Crippen molar-refractivity contribution in [2.75, 3.05) is 13.6 Å². The van der Waals surface area contributed by atoms with Gasteiger partial charge >= 0.3 is 0 Å². The number of aromatic nitrogens is 2. The van der Waals surface area contributed by atoms with Gasteiger partial charge in [-0.1, -0.05) is 18.2 Å². The van der Waals surface area contributed by atoms with Crippen LogP contribution in [0.2, 0.25) is 0 Å². The van der Waals surface area contributed by atoms with E-state index in [1.54, 1.807) is 16.8 Å². The van der Waals surface area contributed by atoms with E-state index in [0.29, 0.717) is 5.56 Å². The molecule has 0 aliphatic carbocycles. The first kappa shape index (κ1) is 12.8. The molecular formula is C14H18FN3. The summed E-state index contributed by atoms with van der Waals surface area (Å²) in [6.07, 6.45) is 3.73. The van der Waals surface area contributed by atoms with Crippen LogP contribution in [-0.2, 0) is 13.5 Å². The third-order valence-electron chi connectivity index (χ3n) is 2.91. The molecule has 0 fully saturated rings. The van der Waals surface area contributed by atoms with Crippen molar-refractivity contribution in [1.29, 1.82) is 0 Å². The molecule has 1 heterocycles. The quantitative estimate of drug-likeness (QED) is 0.822. The van der Waals surface area contributed by atoms with Gasteiger partial charge in [0, 0.05) is 24.4 Å². The van der Waals surface area contributed by atoms with Gasteiger partial charge in [-0.05, 0) is 32.5 Å². The lowest BCUT2D eigenvalue weighted by molar-refractivity contribution is 0.631. The zero-order chi connectivity index (χ0) is 13.0. The van der Waals surface area contributed by atoms with E-state index in [-0.39, 0.29) is 5.82 Å². The van der Waals surface area contributed by atoms with E-state index in [4.69, 9.17) is 0 Å². The molecule has 1 aromatic carbocycles. The molecule has 0 spiro atoms. The third kappa shape index (κ3) is 2.76. The third-order valence-corrected chi connectivity index (χ3v) is 2.91. The highest BCUT2D eigenvalue weighted by molar-refractivity contribution is 5.65. The van der Waals surface area contributed by atoms with Crippen molar-refractivity contribution in [1.82, 2.24) is 15.1 Å². The summed E-state index contributed by atoms with van der Waals surface area (Å²) in [7, 11) is 3.79. The standard InChI is InChI=1S/C14H18FN3/c1-16-9-5-8-14-12(10-18(2)17-14)11-6-3-4-7-13(11)15/h3-4,6-7,10,16H,5,8-9H2,1-2H3. The monoisotopic (exact) mass is 247 g/mol. The molecule has 0 amide bonds. The van der Waals surface area contributed by atoms with Crippen LogP contribution < -0.4 is 5.32 Å². The summed E-state index contributed by atoms with van der Waals surface area (Å²) < 4.78 is 15.6. The first-order valence-corrected chi connectivity index (χ1v) is 6.14. The molecule has 96 valence electrons. The Labute approximate surface area is 107 Å². The van der Waals surface area contributed by atoms with Gasteiger partial charge < -0.3 is 5.32 Å². The minimum atomic E-state index is -0.194. The summed E-state index contributed by atoms with van der Waals surface area (Å²) in [4.78, 5) is 0. The minimum Gasteiger partial charge on any atom is -0.320 e. The molecule has 0 atom stereocenters. The van der Waals surface area contributed by atoms with Gasteiger partial charge in [-0.3, -0.25) is 4.68 Å². The predicted molar refractivity (Wildman–Crippen MR) is 70.8 cm³/mol. The van der Waals surface area contributed by atoms with Gasteiger partial charge in [0.25, 0.3) is 0 Å². The number of benzene rings is 1. The van der Waals surface area contributed by atoms with Crippen molar-refractivity contribution in [2.24, 2.45) is 7.05 Å². The fourth-order valence-corrected chi connectivity index (χ4v) is 2.06. The molecular weight excluding hydrogens is 229 g/mol. The van der Waals surface area contributed by atoms with Gasteiger partial charge in [-0.15, -0.1) is 0 Å². The maximum atomic E-state index is 13.8. The molecule has 4 heteroatoms. The number of rotatable bonds is 5. The molecule has 2 rings (SSSR count). The summed E-state index contributed by atoms with van der Waals surface area (Å²) in [6, 6.07) is 6.84. The second kappa shape index (κ2) is 5.78. The molecule has 0 radical (unpaired) electrons. The van der Waals surface area contributed by atoms with Crippen molar-refractivity contribution < 1.29 is 4.39 Å². The molecule has 0 unspecified atom stereocenters. The molecule has 2 aromatic rings. The highest BCUT2D eigenvalue weighted by Crippen LogP contribution is 2.26. The van der Waals surface area contributed by atoms with E-state index in [2.05, 4.69) is 10.4 Å². The van der Waals surface area contributed by atoms with Crippen molar-refractivity contribution in [2.45, 2.75) is 12.8 Å². The van der Waals surface area contributed by atoms with Gasteiger partial charge in [0.1, 0.15) is 5.82 Å². The first-order valence-electron chi connectivity index (χ1n) is 6.14. The lowest BCUT2D eigenvalue weighted by atomic mass is 10.0. The van der Waals surface area contributed by atoms with Crippen molar-refractivity contribution in [3.8, 4) is 11.1 Å². The van der Waals surface area contributed by atoms with Crippen LogP contribution >= 0.6 is 0 Å². The Bertz CT molecular complexity index is 520. The maximum absolute atomic E-state index is 13.8. The van der Waals surface area contributed by atoms with Crippen LogP contribution in [0.15, 0.2) is 30.5 Å². The van der Waals surface area contributed by atoms with Gasteiger partial charge in [0.05, 0.1) is 5.69 Å². The lowest BCUT2D eigenvalue weighted by Crippen LogP contribution is -2.08. The molecule has 0 bridgehead atoms. The Kier molecular flexibility index (Phi) is 4.10. The summed E-state index contributed by atoms with van der Waals surface area (Å²) in [5.41, 5.74) is 2.48. The van der Waals surface area contributed by atoms with Crippen LogP contribution in [-0.4, -0.2) is 23.4 Å². The van der Waals surface area contributed by atoms with Crippen LogP contribution in [0, 0.1) is 5.82 Å². The SMILES string of the molecule is CNCCCc1nn(C)cc1-c1ccccc1F. The molecule has 0 aliphatic heterocycles. The second-order valence-corrected chi connectivity index (χ2v) is 4.35. The van der Waals surface area contributed by atoms with E-state index in [0.717, 1.165) is 30.6 Å². The molecule has 0 saturated carbocycles. The van der Waals surface area contributed by atoms with Crippen molar-refractivity contribution >= 4 is 0 Å².